The van der Waals surface area contributed by atoms with Crippen molar-refractivity contribution in [3.8, 4) is 0 Å². The van der Waals surface area contributed by atoms with Gasteiger partial charge in [0.2, 0.25) is 5.91 Å². The topological polar surface area (TPSA) is 93.9 Å². The molecule has 0 atom stereocenters. The molecule has 0 aliphatic heterocycles. The maximum Gasteiger partial charge on any atom is 0.234 e. The first-order valence-electron chi connectivity index (χ1n) is 9.26. The molecule has 7 nitrogen and oxygen atoms in total. The SMILES string of the molecule is C=CCn1c(C)nnc1SCC(=O)Nc1cccc2c1C(=O)c1ccccc1C2=O. The summed E-state index contributed by atoms with van der Waals surface area (Å²) >= 11 is 1.24. The molecule has 4 rings (SSSR count). The van der Waals surface area contributed by atoms with Gasteiger partial charge in [-0.05, 0) is 13.0 Å². The number of carbonyl (C=O) groups is 3. The Bertz CT molecular complexity index is 1200. The molecule has 150 valence electrons. The molecule has 0 saturated carbocycles. The third kappa shape index (κ3) is 3.46. The zero-order valence-electron chi connectivity index (χ0n) is 16.2. The number of nitrogens with one attached hydrogen (secondary N) is 1. The van der Waals surface area contributed by atoms with Gasteiger partial charge in [-0.25, -0.2) is 0 Å². The summed E-state index contributed by atoms with van der Waals surface area (Å²) in [5.41, 5.74) is 1.58. The van der Waals surface area contributed by atoms with E-state index in [1.54, 1.807) is 48.5 Å². The quantitative estimate of drug-likeness (QED) is 0.381. The Morgan fingerprint density at radius 2 is 1.77 bits per heavy atom. The molecular formula is C22H18N4O3S. The van der Waals surface area contributed by atoms with E-state index in [1.807, 2.05) is 11.5 Å². The smallest absolute Gasteiger partial charge is 0.234 e. The van der Waals surface area contributed by atoms with Crippen LogP contribution >= 0.6 is 11.8 Å². The number of thioether (sulfide) groups is 1. The number of anilines is 1. The molecule has 1 heterocycles. The fourth-order valence-corrected chi connectivity index (χ4v) is 4.17. The van der Waals surface area contributed by atoms with Crippen molar-refractivity contribution in [3.63, 3.8) is 0 Å². The zero-order chi connectivity index (χ0) is 21.3. The van der Waals surface area contributed by atoms with Crippen molar-refractivity contribution in [2.24, 2.45) is 0 Å². The van der Waals surface area contributed by atoms with Crippen LogP contribution in [-0.4, -0.2) is 38.0 Å². The van der Waals surface area contributed by atoms with Gasteiger partial charge in [-0.1, -0.05) is 54.2 Å². The average molecular weight is 418 g/mol. The molecule has 8 heteroatoms. The van der Waals surface area contributed by atoms with Gasteiger partial charge in [-0.3, -0.25) is 14.4 Å². The Labute approximate surface area is 177 Å². The minimum absolute atomic E-state index is 0.0810. The number of fused-ring (bicyclic) bond motifs is 2. The number of benzene rings is 2. The van der Waals surface area contributed by atoms with Gasteiger partial charge in [0, 0.05) is 23.2 Å². The minimum atomic E-state index is -0.307. The number of hydrogen-bond acceptors (Lipinski definition) is 6. The van der Waals surface area contributed by atoms with Crippen molar-refractivity contribution in [1.82, 2.24) is 14.8 Å². The van der Waals surface area contributed by atoms with Crippen molar-refractivity contribution in [3.05, 3.63) is 83.2 Å². The van der Waals surface area contributed by atoms with Gasteiger partial charge in [0.05, 0.1) is 17.0 Å². The van der Waals surface area contributed by atoms with Crippen LogP contribution in [0.4, 0.5) is 5.69 Å². The first-order valence-corrected chi connectivity index (χ1v) is 10.2. The molecule has 3 aromatic rings. The van der Waals surface area contributed by atoms with Crippen molar-refractivity contribution in [2.75, 3.05) is 11.1 Å². The first-order chi connectivity index (χ1) is 14.5. The van der Waals surface area contributed by atoms with E-state index in [0.717, 1.165) is 5.82 Å². The summed E-state index contributed by atoms with van der Waals surface area (Å²) in [5.74, 6) is 0.0114. The molecule has 2 aromatic carbocycles. The van der Waals surface area contributed by atoms with E-state index in [-0.39, 0.29) is 28.8 Å². The number of hydrogen-bond donors (Lipinski definition) is 1. The highest BCUT2D eigenvalue weighted by atomic mass is 32.2. The molecule has 0 fully saturated rings. The second kappa shape index (κ2) is 8.08. The third-order valence-corrected chi connectivity index (χ3v) is 5.74. The molecule has 0 spiro atoms. The van der Waals surface area contributed by atoms with Crippen LogP contribution in [0.2, 0.25) is 0 Å². The number of nitrogens with zero attached hydrogens (tertiary/aromatic N) is 3. The van der Waals surface area contributed by atoms with Crippen LogP contribution in [0.3, 0.4) is 0 Å². The number of ketones is 2. The minimum Gasteiger partial charge on any atom is -0.325 e. The number of rotatable bonds is 6. The van der Waals surface area contributed by atoms with E-state index in [4.69, 9.17) is 0 Å². The van der Waals surface area contributed by atoms with Crippen molar-refractivity contribution in [2.45, 2.75) is 18.6 Å². The highest BCUT2D eigenvalue weighted by Crippen LogP contribution is 2.32. The van der Waals surface area contributed by atoms with Gasteiger partial charge in [0.15, 0.2) is 16.7 Å². The van der Waals surface area contributed by atoms with E-state index < -0.39 is 0 Å². The van der Waals surface area contributed by atoms with Gasteiger partial charge in [-0.15, -0.1) is 16.8 Å². The molecule has 1 aromatic heterocycles. The standard InChI is InChI=1S/C22H18N4O3S/c1-3-11-26-13(2)24-25-22(26)30-12-18(27)23-17-10-6-9-16-19(17)21(29)15-8-5-4-7-14(15)20(16)28/h3-10H,1,11-12H2,2H3,(H,23,27). The molecule has 0 radical (unpaired) electrons. The summed E-state index contributed by atoms with van der Waals surface area (Å²) < 4.78 is 1.86. The number of allylic oxidation sites excluding steroid dienone is 1. The molecule has 1 aliphatic carbocycles. The second-order valence-electron chi connectivity index (χ2n) is 6.70. The summed E-state index contributed by atoms with van der Waals surface area (Å²) in [6.45, 7) is 6.09. The van der Waals surface area contributed by atoms with Crippen LogP contribution in [0.5, 0.6) is 0 Å². The molecular weight excluding hydrogens is 400 g/mol. The maximum absolute atomic E-state index is 13.0. The van der Waals surface area contributed by atoms with Gasteiger partial charge in [0.25, 0.3) is 0 Å². The predicted molar refractivity (Wildman–Crippen MR) is 114 cm³/mol. The van der Waals surface area contributed by atoms with Gasteiger partial charge < -0.3 is 9.88 Å². The summed E-state index contributed by atoms with van der Waals surface area (Å²) in [6.07, 6.45) is 1.73. The summed E-state index contributed by atoms with van der Waals surface area (Å²) in [7, 11) is 0. The average Bonchev–Trinajstić information content (AvgIpc) is 3.10. The molecule has 0 unspecified atom stereocenters. The van der Waals surface area contributed by atoms with Crippen LogP contribution in [0.15, 0.2) is 60.3 Å². The lowest BCUT2D eigenvalue weighted by molar-refractivity contribution is -0.113. The van der Waals surface area contributed by atoms with Crippen molar-refractivity contribution < 1.29 is 14.4 Å². The summed E-state index contributed by atoms with van der Waals surface area (Å²) in [5, 5.41) is 11.5. The van der Waals surface area contributed by atoms with Gasteiger partial charge >= 0.3 is 0 Å². The van der Waals surface area contributed by atoms with Crippen LogP contribution in [-0.2, 0) is 11.3 Å². The summed E-state index contributed by atoms with van der Waals surface area (Å²) in [6, 6.07) is 11.6. The van der Waals surface area contributed by atoms with Gasteiger partial charge in [-0.2, -0.15) is 0 Å². The van der Waals surface area contributed by atoms with Crippen LogP contribution in [0.1, 0.15) is 37.7 Å². The highest BCUT2D eigenvalue weighted by Gasteiger charge is 2.31. The summed E-state index contributed by atoms with van der Waals surface area (Å²) in [4.78, 5) is 38.4. The Hall–Kier alpha value is -3.52. The Balaban J connectivity index is 1.55. The van der Waals surface area contributed by atoms with E-state index in [0.29, 0.717) is 34.1 Å². The molecule has 1 amide bonds. The Kier molecular flexibility index (Phi) is 5.33. The normalized spacial score (nSPS) is 12.3. The van der Waals surface area contributed by atoms with Crippen LogP contribution in [0.25, 0.3) is 0 Å². The van der Waals surface area contributed by atoms with Crippen LogP contribution in [0, 0.1) is 6.92 Å². The van der Waals surface area contributed by atoms with Gasteiger partial charge in [0.1, 0.15) is 5.82 Å². The molecule has 1 aliphatic rings. The predicted octanol–water partition coefficient (Wildman–Crippen LogP) is 3.28. The molecule has 30 heavy (non-hydrogen) atoms. The molecule has 0 saturated heterocycles. The van der Waals surface area contributed by atoms with E-state index in [2.05, 4.69) is 22.1 Å². The largest absolute Gasteiger partial charge is 0.325 e. The van der Waals surface area contributed by atoms with E-state index >= 15 is 0 Å². The Morgan fingerprint density at radius 3 is 2.50 bits per heavy atom. The lowest BCUT2D eigenvalue weighted by Gasteiger charge is -2.20. The fraction of sp³-hybridized carbons (Fsp3) is 0.136. The zero-order valence-corrected chi connectivity index (χ0v) is 17.0. The van der Waals surface area contributed by atoms with Crippen LogP contribution < -0.4 is 5.32 Å². The molecule has 0 bridgehead atoms. The lowest BCUT2D eigenvalue weighted by atomic mass is 9.83. The Morgan fingerprint density at radius 1 is 1.07 bits per heavy atom. The van der Waals surface area contributed by atoms with Crippen molar-refractivity contribution in [1.29, 1.82) is 0 Å². The third-order valence-electron chi connectivity index (χ3n) is 4.77. The highest BCUT2D eigenvalue weighted by molar-refractivity contribution is 7.99. The van der Waals surface area contributed by atoms with E-state index in [9.17, 15) is 14.4 Å². The lowest BCUT2D eigenvalue weighted by Crippen LogP contribution is -2.24. The molecule has 1 N–H and O–H groups in total. The number of amides is 1. The number of carbonyl (C=O) groups excluding carboxylic acids is 3. The number of aryl methyl sites for hydroxylation is 1. The van der Waals surface area contributed by atoms with E-state index in [1.165, 1.54) is 11.8 Å². The fourth-order valence-electron chi connectivity index (χ4n) is 3.37. The second-order valence-corrected chi connectivity index (χ2v) is 7.64. The maximum atomic E-state index is 13.0. The number of aromatic nitrogens is 3. The monoisotopic (exact) mass is 418 g/mol. The van der Waals surface area contributed by atoms with Crippen molar-refractivity contribution >= 4 is 34.9 Å². The first kappa shape index (κ1) is 19.8.